The summed E-state index contributed by atoms with van der Waals surface area (Å²) in [5.41, 5.74) is 2.68. The number of carbonyl (C=O) groups excluding carboxylic acids is 2. The number of aryl methyl sites for hydroxylation is 2. The number of hydrogen-bond acceptors (Lipinski definition) is 3. The van der Waals surface area contributed by atoms with E-state index in [2.05, 4.69) is 16.7 Å². The van der Waals surface area contributed by atoms with Gasteiger partial charge < -0.3 is 15.4 Å². The average molecular weight is 304 g/mol. The maximum absolute atomic E-state index is 11.8. The zero-order valence-corrected chi connectivity index (χ0v) is 13.3. The number of benzene rings is 1. The molecular weight excluding hydrogens is 280 g/mol. The van der Waals surface area contributed by atoms with Crippen LogP contribution in [0.5, 0.6) is 5.75 Å². The highest BCUT2D eigenvalue weighted by Crippen LogP contribution is 2.25. The van der Waals surface area contributed by atoms with Crippen molar-refractivity contribution in [3.05, 3.63) is 29.3 Å². The molecule has 5 heteroatoms. The summed E-state index contributed by atoms with van der Waals surface area (Å²) in [5.74, 6) is 0.242. The highest BCUT2D eigenvalue weighted by molar-refractivity contribution is 5.87. The van der Waals surface area contributed by atoms with Crippen molar-refractivity contribution >= 4 is 11.8 Å². The van der Waals surface area contributed by atoms with Crippen LogP contribution >= 0.6 is 0 Å². The molecule has 0 heterocycles. The Hall–Kier alpha value is -2.04. The molecule has 0 aromatic heterocycles. The van der Waals surface area contributed by atoms with Crippen LogP contribution in [0.3, 0.4) is 0 Å². The first-order valence-electron chi connectivity index (χ1n) is 7.92. The fraction of sp³-hybridized carbons (Fsp3) is 0.529. The van der Waals surface area contributed by atoms with Crippen LogP contribution in [-0.4, -0.2) is 31.0 Å². The first-order valence-corrected chi connectivity index (χ1v) is 7.92. The van der Waals surface area contributed by atoms with Gasteiger partial charge in [-0.3, -0.25) is 9.59 Å². The molecule has 0 unspecified atom stereocenters. The smallest absolute Gasteiger partial charge is 0.258 e. The van der Waals surface area contributed by atoms with Crippen LogP contribution in [0.1, 0.15) is 37.8 Å². The Balaban J connectivity index is 1.76. The van der Waals surface area contributed by atoms with Gasteiger partial charge in [0.2, 0.25) is 5.91 Å². The molecular formula is C17H24N2O3. The Morgan fingerprint density at radius 2 is 2.05 bits per heavy atom. The minimum atomic E-state index is -0.553. The van der Waals surface area contributed by atoms with Crippen molar-refractivity contribution in [1.82, 2.24) is 10.6 Å². The van der Waals surface area contributed by atoms with E-state index in [0.29, 0.717) is 12.3 Å². The molecule has 2 amide bonds. The standard InChI is InChI=1S/C17H24N2O3/c1-3-9-18-17(21)12(2)19-16(20)11-22-15-8-7-13-5-4-6-14(13)10-15/h7-8,10,12H,3-6,9,11H2,1-2H3,(H,18,21)(H,19,20)/t12-/m1/s1. The SMILES string of the molecule is CCCNC(=O)[C@@H](C)NC(=O)COc1ccc2c(c1)CCC2. The van der Waals surface area contributed by atoms with E-state index in [0.717, 1.165) is 19.3 Å². The summed E-state index contributed by atoms with van der Waals surface area (Å²) in [6.45, 7) is 4.18. The van der Waals surface area contributed by atoms with Crippen LogP contribution < -0.4 is 15.4 Å². The molecule has 2 N–H and O–H groups in total. The molecule has 2 rings (SSSR count). The van der Waals surface area contributed by atoms with Crippen LogP contribution in [0.25, 0.3) is 0 Å². The van der Waals surface area contributed by atoms with Gasteiger partial charge in [0, 0.05) is 6.54 Å². The fourth-order valence-corrected chi connectivity index (χ4v) is 2.54. The Kier molecular flexibility index (Phi) is 5.81. The van der Waals surface area contributed by atoms with Crippen LogP contribution in [0.2, 0.25) is 0 Å². The van der Waals surface area contributed by atoms with Gasteiger partial charge in [0.1, 0.15) is 11.8 Å². The molecule has 0 fully saturated rings. The van der Waals surface area contributed by atoms with Gasteiger partial charge in [-0.25, -0.2) is 0 Å². The second-order valence-electron chi connectivity index (χ2n) is 5.65. The fourth-order valence-electron chi connectivity index (χ4n) is 2.54. The summed E-state index contributed by atoms with van der Waals surface area (Å²) in [5, 5.41) is 5.38. The van der Waals surface area contributed by atoms with E-state index < -0.39 is 6.04 Å². The molecule has 1 atom stereocenters. The first kappa shape index (κ1) is 16.3. The zero-order chi connectivity index (χ0) is 15.9. The van der Waals surface area contributed by atoms with Crippen molar-refractivity contribution in [3.8, 4) is 5.75 Å². The molecule has 0 saturated carbocycles. The minimum Gasteiger partial charge on any atom is -0.484 e. The number of nitrogens with one attached hydrogen (secondary N) is 2. The van der Waals surface area contributed by atoms with Gasteiger partial charge in [-0.2, -0.15) is 0 Å². The van der Waals surface area contributed by atoms with Gasteiger partial charge >= 0.3 is 0 Å². The number of fused-ring (bicyclic) bond motifs is 1. The maximum Gasteiger partial charge on any atom is 0.258 e. The highest BCUT2D eigenvalue weighted by Gasteiger charge is 2.16. The summed E-state index contributed by atoms with van der Waals surface area (Å²) in [6, 6.07) is 5.42. The largest absolute Gasteiger partial charge is 0.484 e. The van der Waals surface area contributed by atoms with E-state index >= 15 is 0 Å². The van der Waals surface area contributed by atoms with Crippen LogP contribution in [-0.2, 0) is 22.4 Å². The molecule has 0 bridgehead atoms. The van der Waals surface area contributed by atoms with Crippen molar-refractivity contribution < 1.29 is 14.3 Å². The number of hydrogen-bond donors (Lipinski definition) is 2. The number of amides is 2. The van der Waals surface area contributed by atoms with Gasteiger partial charge in [0.15, 0.2) is 6.61 Å². The highest BCUT2D eigenvalue weighted by atomic mass is 16.5. The van der Waals surface area contributed by atoms with E-state index in [-0.39, 0.29) is 18.4 Å². The topological polar surface area (TPSA) is 67.4 Å². The van der Waals surface area contributed by atoms with Gasteiger partial charge in [-0.05, 0) is 55.9 Å². The van der Waals surface area contributed by atoms with E-state index in [4.69, 9.17) is 4.74 Å². The number of ether oxygens (including phenoxy) is 1. The van der Waals surface area contributed by atoms with E-state index in [1.54, 1.807) is 6.92 Å². The lowest BCUT2D eigenvalue weighted by Crippen LogP contribution is -2.46. The van der Waals surface area contributed by atoms with Crippen molar-refractivity contribution in [2.75, 3.05) is 13.2 Å². The third-order valence-corrected chi connectivity index (χ3v) is 3.76. The second-order valence-corrected chi connectivity index (χ2v) is 5.65. The first-order chi connectivity index (χ1) is 10.6. The molecule has 1 aromatic carbocycles. The lowest BCUT2D eigenvalue weighted by atomic mass is 10.1. The summed E-state index contributed by atoms with van der Waals surface area (Å²) < 4.78 is 5.51. The van der Waals surface area contributed by atoms with Crippen molar-refractivity contribution in [2.45, 2.75) is 45.6 Å². The van der Waals surface area contributed by atoms with Crippen LogP contribution in [0.4, 0.5) is 0 Å². The molecule has 120 valence electrons. The predicted molar refractivity (Wildman–Crippen MR) is 84.9 cm³/mol. The van der Waals surface area contributed by atoms with Crippen molar-refractivity contribution in [1.29, 1.82) is 0 Å². The third kappa shape index (κ3) is 4.48. The normalized spacial score (nSPS) is 14.1. The Morgan fingerprint density at radius 1 is 1.27 bits per heavy atom. The van der Waals surface area contributed by atoms with Crippen molar-refractivity contribution in [3.63, 3.8) is 0 Å². The Morgan fingerprint density at radius 3 is 2.82 bits per heavy atom. The summed E-state index contributed by atoms with van der Waals surface area (Å²) in [4.78, 5) is 23.5. The zero-order valence-electron chi connectivity index (χ0n) is 13.3. The lowest BCUT2D eigenvalue weighted by molar-refractivity contribution is -0.129. The van der Waals surface area contributed by atoms with E-state index in [9.17, 15) is 9.59 Å². The minimum absolute atomic E-state index is 0.0792. The lowest BCUT2D eigenvalue weighted by Gasteiger charge is -2.14. The molecule has 1 aromatic rings. The van der Waals surface area contributed by atoms with Gasteiger partial charge in [-0.15, -0.1) is 0 Å². The van der Waals surface area contributed by atoms with Gasteiger partial charge in [-0.1, -0.05) is 13.0 Å². The van der Waals surface area contributed by atoms with E-state index in [1.165, 1.54) is 17.5 Å². The second kappa shape index (κ2) is 7.82. The molecule has 5 nitrogen and oxygen atoms in total. The van der Waals surface area contributed by atoms with Gasteiger partial charge in [0.05, 0.1) is 0 Å². The molecule has 0 saturated heterocycles. The molecule has 1 aliphatic carbocycles. The van der Waals surface area contributed by atoms with E-state index in [1.807, 2.05) is 19.1 Å². The summed E-state index contributed by atoms with van der Waals surface area (Å²) >= 11 is 0. The van der Waals surface area contributed by atoms with Gasteiger partial charge in [0.25, 0.3) is 5.91 Å². The maximum atomic E-state index is 11.8. The third-order valence-electron chi connectivity index (χ3n) is 3.76. The monoisotopic (exact) mass is 304 g/mol. The summed E-state index contributed by atoms with van der Waals surface area (Å²) in [7, 11) is 0. The molecule has 1 aliphatic rings. The number of carbonyl (C=O) groups is 2. The summed E-state index contributed by atoms with van der Waals surface area (Å²) in [6.07, 6.45) is 4.26. The average Bonchev–Trinajstić information content (AvgIpc) is 2.98. The van der Waals surface area contributed by atoms with Crippen LogP contribution in [0, 0.1) is 0 Å². The quantitative estimate of drug-likeness (QED) is 0.804. The molecule has 0 aliphatic heterocycles. The molecule has 22 heavy (non-hydrogen) atoms. The predicted octanol–water partition coefficient (Wildman–Crippen LogP) is 1.58. The Bertz CT molecular complexity index is 543. The molecule has 0 radical (unpaired) electrons. The van der Waals surface area contributed by atoms with Crippen molar-refractivity contribution in [2.24, 2.45) is 0 Å². The molecule has 0 spiro atoms. The van der Waals surface area contributed by atoms with Crippen LogP contribution in [0.15, 0.2) is 18.2 Å². The number of rotatable bonds is 7. The Labute approximate surface area is 131 Å².